The second-order valence-electron chi connectivity index (χ2n) is 7.38. The largest absolute Gasteiger partial charge is 0.497 e. The van der Waals surface area contributed by atoms with Crippen molar-refractivity contribution in [1.29, 1.82) is 0 Å². The summed E-state index contributed by atoms with van der Waals surface area (Å²) in [5.74, 6) is 2.28. The van der Waals surface area contributed by atoms with E-state index < -0.39 is 0 Å². The van der Waals surface area contributed by atoms with Gasteiger partial charge in [0.15, 0.2) is 11.5 Å². The van der Waals surface area contributed by atoms with Crippen molar-refractivity contribution in [3.05, 3.63) is 88.6 Å². The second-order valence-corrected chi connectivity index (χ2v) is 7.82. The third-order valence-electron chi connectivity index (χ3n) is 5.16. The summed E-state index contributed by atoms with van der Waals surface area (Å²) in [6.45, 7) is 4.87. The van der Waals surface area contributed by atoms with Crippen LogP contribution in [0, 0.1) is 0 Å². The Kier molecular flexibility index (Phi) is 7.18. The Morgan fingerprint density at radius 1 is 0.912 bits per heavy atom. The van der Waals surface area contributed by atoms with Crippen LogP contribution in [-0.4, -0.2) is 32.1 Å². The van der Waals surface area contributed by atoms with Crippen LogP contribution in [0.1, 0.15) is 25.0 Å². The molecule has 0 atom stereocenters. The average molecular weight is 477 g/mol. The number of hydrogen-bond acceptors (Lipinski definition) is 5. The van der Waals surface area contributed by atoms with Gasteiger partial charge in [-0.25, -0.2) is 4.99 Å². The maximum atomic E-state index is 13.5. The highest BCUT2D eigenvalue weighted by molar-refractivity contribution is 6.34. The Morgan fingerprint density at radius 3 is 2.24 bits per heavy atom. The first-order chi connectivity index (χ1) is 16.5. The molecule has 0 saturated carbocycles. The highest BCUT2D eigenvalue weighted by atomic mass is 35.5. The highest BCUT2D eigenvalue weighted by Gasteiger charge is 2.32. The fourth-order valence-electron chi connectivity index (χ4n) is 3.60. The topological polar surface area (TPSA) is 60.4 Å². The molecule has 0 bridgehead atoms. The van der Waals surface area contributed by atoms with Crippen LogP contribution in [0.4, 0.5) is 5.69 Å². The van der Waals surface area contributed by atoms with Crippen LogP contribution in [0.3, 0.4) is 0 Å². The molecule has 174 valence electrons. The van der Waals surface area contributed by atoms with E-state index in [1.54, 1.807) is 30.2 Å². The molecule has 0 fully saturated rings. The van der Waals surface area contributed by atoms with Crippen LogP contribution >= 0.6 is 11.6 Å². The lowest BCUT2D eigenvalue weighted by Gasteiger charge is -2.19. The number of methoxy groups -OCH3 is 1. The van der Waals surface area contributed by atoms with Gasteiger partial charge in [0.2, 0.25) is 0 Å². The molecule has 1 heterocycles. The van der Waals surface area contributed by atoms with Crippen molar-refractivity contribution in [3.8, 4) is 17.2 Å². The van der Waals surface area contributed by atoms with E-state index in [4.69, 9.17) is 30.8 Å². The molecule has 0 spiro atoms. The van der Waals surface area contributed by atoms with E-state index in [1.807, 2.05) is 68.4 Å². The van der Waals surface area contributed by atoms with Gasteiger partial charge in [0, 0.05) is 10.6 Å². The van der Waals surface area contributed by atoms with Crippen molar-refractivity contribution < 1.29 is 19.0 Å². The van der Waals surface area contributed by atoms with Crippen molar-refractivity contribution in [2.24, 2.45) is 4.99 Å². The number of nitrogens with zero attached hydrogens (tertiary/aromatic N) is 2. The Bertz CT molecular complexity index is 1230. The molecule has 34 heavy (non-hydrogen) atoms. The SMILES string of the molecule is CCOc1ccc(/C=C2/N=C(c3ccc(Cl)cc3)N(c3ccc(OC)cc3)C2=O)cc1OCC. The van der Waals surface area contributed by atoms with Gasteiger partial charge < -0.3 is 14.2 Å². The van der Waals surface area contributed by atoms with Crippen LogP contribution in [-0.2, 0) is 4.79 Å². The Hall–Kier alpha value is -3.77. The molecule has 4 rings (SSSR count). The molecule has 0 radical (unpaired) electrons. The van der Waals surface area contributed by atoms with Gasteiger partial charge >= 0.3 is 0 Å². The molecule has 0 aliphatic carbocycles. The van der Waals surface area contributed by atoms with Gasteiger partial charge in [-0.3, -0.25) is 9.69 Å². The number of amidine groups is 1. The van der Waals surface area contributed by atoms with Gasteiger partial charge in [0.05, 0.1) is 26.0 Å². The van der Waals surface area contributed by atoms with Gasteiger partial charge in [0.1, 0.15) is 17.3 Å². The number of aliphatic imine (C=N–C) groups is 1. The summed E-state index contributed by atoms with van der Waals surface area (Å²) in [6, 6.07) is 20.1. The number of carbonyl (C=O) groups is 1. The van der Waals surface area contributed by atoms with Crippen LogP contribution in [0.2, 0.25) is 5.02 Å². The minimum Gasteiger partial charge on any atom is -0.497 e. The number of amides is 1. The lowest BCUT2D eigenvalue weighted by Crippen LogP contribution is -2.32. The van der Waals surface area contributed by atoms with Gasteiger partial charge in [-0.2, -0.15) is 0 Å². The smallest absolute Gasteiger partial charge is 0.282 e. The maximum absolute atomic E-state index is 13.5. The zero-order valence-corrected chi connectivity index (χ0v) is 20.0. The molecule has 7 heteroatoms. The summed E-state index contributed by atoms with van der Waals surface area (Å²) >= 11 is 6.08. The van der Waals surface area contributed by atoms with E-state index in [9.17, 15) is 4.79 Å². The van der Waals surface area contributed by atoms with Crippen molar-refractivity contribution in [2.45, 2.75) is 13.8 Å². The summed E-state index contributed by atoms with van der Waals surface area (Å²) in [5, 5.41) is 0.610. The Balaban J connectivity index is 1.77. The third kappa shape index (κ3) is 4.92. The molecule has 0 N–H and O–H groups in total. The van der Waals surface area contributed by atoms with Crippen LogP contribution in [0.25, 0.3) is 6.08 Å². The molecule has 1 aliphatic rings. The quantitative estimate of drug-likeness (QED) is 0.375. The van der Waals surface area contributed by atoms with Gasteiger partial charge in [0.25, 0.3) is 5.91 Å². The number of benzene rings is 3. The fraction of sp³-hybridized carbons (Fsp3) is 0.185. The molecular weight excluding hydrogens is 452 g/mol. The van der Waals surface area contributed by atoms with Gasteiger partial charge in [-0.05, 0) is 86.2 Å². The van der Waals surface area contributed by atoms with Gasteiger partial charge in [-0.1, -0.05) is 17.7 Å². The number of rotatable bonds is 8. The minimum atomic E-state index is -0.234. The highest BCUT2D eigenvalue weighted by Crippen LogP contribution is 2.32. The van der Waals surface area contributed by atoms with Crippen molar-refractivity contribution >= 4 is 35.1 Å². The molecule has 1 aliphatic heterocycles. The normalized spacial score (nSPS) is 14.4. The van der Waals surface area contributed by atoms with E-state index in [0.717, 1.165) is 11.1 Å². The molecule has 3 aromatic carbocycles. The number of hydrogen-bond donors (Lipinski definition) is 0. The third-order valence-corrected chi connectivity index (χ3v) is 5.42. The predicted octanol–water partition coefficient (Wildman–Crippen LogP) is 5.98. The standard InChI is InChI=1S/C27H25ClN2O4/c1-4-33-24-15-6-18(17-25(24)34-5-2)16-23-27(31)30(21-11-13-22(32-3)14-12-21)26(29-23)19-7-9-20(28)10-8-19/h6-17H,4-5H2,1-3H3/b23-16+. The summed E-state index contributed by atoms with van der Waals surface area (Å²) in [7, 11) is 1.60. The number of halogens is 1. The van der Waals surface area contributed by atoms with E-state index in [0.29, 0.717) is 52.7 Å². The Morgan fingerprint density at radius 2 is 1.59 bits per heavy atom. The van der Waals surface area contributed by atoms with Crippen molar-refractivity contribution in [1.82, 2.24) is 0 Å². The second kappa shape index (κ2) is 10.4. The molecule has 0 saturated heterocycles. The zero-order valence-electron chi connectivity index (χ0n) is 19.2. The van der Waals surface area contributed by atoms with E-state index >= 15 is 0 Å². The lowest BCUT2D eigenvalue weighted by molar-refractivity contribution is -0.113. The van der Waals surface area contributed by atoms with E-state index in [1.165, 1.54) is 0 Å². The first-order valence-electron chi connectivity index (χ1n) is 11.0. The molecule has 1 amide bonds. The first kappa shape index (κ1) is 23.4. The minimum absolute atomic E-state index is 0.234. The van der Waals surface area contributed by atoms with E-state index in [2.05, 4.69) is 0 Å². The predicted molar refractivity (Wildman–Crippen MR) is 135 cm³/mol. The fourth-order valence-corrected chi connectivity index (χ4v) is 3.72. The number of ether oxygens (including phenoxy) is 3. The summed E-state index contributed by atoms with van der Waals surface area (Å²) < 4.78 is 16.6. The van der Waals surface area contributed by atoms with Crippen molar-refractivity contribution in [2.75, 3.05) is 25.2 Å². The monoisotopic (exact) mass is 476 g/mol. The van der Waals surface area contributed by atoms with Gasteiger partial charge in [-0.15, -0.1) is 0 Å². The summed E-state index contributed by atoms with van der Waals surface area (Å²) in [4.78, 5) is 19.8. The molecule has 6 nitrogen and oxygen atoms in total. The van der Waals surface area contributed by atoms with E-state index in [-0.39, 0.29) is 5.91 Å². The van der Waals surface area contributed by atoms with Crippen LogP contribution < -0.4 is 19.1 Å². The average Bonchev–Trinajstić information content (AvgIpc) is 3.17. The lowest BCUT2D eigenvalue weighted by atomic mass is 10.1. The van der Waals surface area contributed by atoms with Crippen LogP contribution in [0.15, 0.2) is 77.4 Å². The summed E-state index contributed by atoms with van der Waals surface area (Å²) in [6.07, 6.45) is 1.75. The molecular formula is C27H25ClN2O4. The maximum Gasteiger partial charge on any atom is 0.282 e. The Labute approximate surface area is 204 Å². The number of anilines is 1. The molecule has 0 unspecified atom stereocenters. The van der Waals surface area contributed by atoms with Crippen LogP contribution in [0.5, 0.6) is 17.2 Å². The molecule has 0 aromatic heterocycles. The summed E-state index contributed by atoms with van der Waals surface area (Å²) in [5.41, 5.74) is 2.56. The first-order valence-corrected chi connectivity index (χ1v) is 11.4. The number of carbonyl (C=O) groups excluding carboxylic acids is 1. The van der Waals surface area contributed by atoms with Crippen molar-refractivity contribution in [3.63, 3.8) is 0 Å². The molecule has 3 aromatic rings. The zero-order chi connectivity index (χ0) is 24.1.